The zero-order valence-electron chi connectivity index (χ0n) is 16.3. The van der Waals surface area contributed by atoms with Crippen molar-refractivity contribution in [3.63, 3.8) is 0 Å². The van der Waals surface area contributed by atoms with E-state index < -0.39 is 0 Å². The van der Waals surface area contributed by atoms with Crippen LogP contribution in [0.2, 0.25) is 0 Å². The van der Waals surface area contributed by atoms with Crippen LogP contribution in [0.25, 0.3) is 0 Å². The highest BCUT2D eigenvalue weighted by atomic mass is 16.5. The Hall–Kier alpha value is -2.56. The van der Waals surface area contributed by atoms with Crippen molar-refractivity contribution in [3.8, 4) is 0 Å². The summed E-state index contributed by atoms with van der Waals surface area (Å²) in [4.78, 5) is 27.4. The van der Waals surface area contributed by atoms with Crippen LogP contribution in [0.5, 0.6) is 0 Å². The first kappa shape index (κ1) is 19.8. The van der Waals surface area contributed by atoms with Crippen LogP contribution in [0.15, 0.2) is 30.3 Å². The monoisotopic (exact) mass is 356 g/mol. The summed E-state index contributed by atoms with van der Waals surface area (Å²) in [5.74, 6) is -0.426. The van der Waals surface area contributed by atoms with Crippen molar-refractivity contribution in [2.24, 2.45) is 0 Å². The Labute approximate surface area is 155 Å². The van der Waals surface area contributed by atoms with Gasteiger partial charge < -0.3 is 14.2 Å². The van der Waals surface area contributed by atoms with E-state index >= 15 is 0 Å². The standard InChI is InChI=1S/C21H28N2O3/c1-6-22(7-2)20(24)18-15(4)19(21(25)26-8-3)23(16(18)5)14-17-12-10-9-11-13-17/h9-13H,6-8,14H2,1-5H3. The van der Waals surface area contributed by atoms with E-state index in [2.05, 4.69) is 0 Å². The highest BCUT2D eigenvalue weighted by molar-refractivity contribution is 6.01. The summed E-state index contributed by atoms with van der Waals surface area (Å²) < 4.78 is 7.17. The summed E-state index contributed by atoms with van der Waals surface area (Å²) in [5, 5.41) is 0. The molecule has 0 bridgehead atoms. The molecule has 0 aliphatic carbocycles. The molecule has 0 radical (unpaired) electrons. The summed E-state index contributed by atoms with van der Waals surface area (Å²) in [6, 6.07) is 9.91. The Kier molecular flexibility index (Phi) is 6.61. The van der Waals surface area contributed by atoms with E-state index in [1.54, 1.807) is 11.8 Å². The maximum absolute atomic E-state index is 13.0. The first-order valence-electron chi connectivity index (χ1n) is 9.16. The van der Waals surface area contributed by atoms with Crippen LogP contribution in [-0.2, 0) is 11.3 Å². The molecule has 0 aliphatic rings. The fourth-order valence-corrected chi connectivity index (χ4v) is 3.31. The lowest BCUT2D eigenvalue weighted by molar-refractivity contribution is 0.0513. The van der Waals surface area contributed by atoms with Crippen molar-refractivity contribution in [3.05, 3.63) is 58.4 Å². The third kappa shape index (κ3) is 3.82. The Morgan fingerprint density at radius 1 is 1.04 bits per heavy atom. The number of ether oxygens (including phenoxy) is 1. The minimum absolute atomic E-state index is 0.0395. The van der Waals surface area contributed by atoms with Gasteiger partial charge in [0.15, 0.2) is 0 Å². The Bertz CT molecular complexity index is 774. The van der Waals surface area contributed by atoms with E-state index in [1.807, 2.05) is 62.6 Å². The van der Waals surface area contributed by atoms with Crippen molar-refractivity contribution >= 4 is 11.9 Å². The number of rotatable bonds is 7. The lowest BCUT2D eigenvalue weighted by atomic mass is 10.1. The molecule has 0 aliphatic heterocycles. The highest BCUT2D eigenvalue weighted by Crippen LogP contribution is 2.26. The van der Waals surface area contributed by atoms with Crippen molar-refractivity contribution < 1.29 is 14.3 Å². The molecule has 2 rings (SSSR count). The first-order chi connectivity index (χ1) is 12.5. The molecule has 0 unspecified atom stereocenters. The van der Waals surface area contributed by atoms with Crippen molar-refractivity contribution in [1.29, 1.82) is 0 Å². The maximum Gasteiger partial charge on any atom is 0.355 e. The van der Waals surface area contributed by atoms with Gasteiger partial charge >= 0.3 is 5.97 Å². The van der Waals surface area contributed by atoms with Crippen LogP contribution in [0, 0.1) is 13.8 Å². The number of hydrogen-bond donors (Lipinski definition) is 0. The molecule has 0 atom stereocenters. The van der Waals surface area contributed by atoms with E-state index in [-0.39, 0.29) is 11.9 Å². The van der Waals surface area contributed by atoms with E-state index in [9.17, 15) is 9.59 Å². The van der Waals surface area contributed by atoms with Gasteiger partial charge in [-0.25, -0.2) is 4.79 Å². The van der Waals surface area contributed by atoms with Gasteiger partial charge in [-0.15, -0.1) is 0 Å². The van der Waals surface area contributed by atoms with E-state index in [4.69, 9.17) is 4.74 Å². The second kappa shape index (κ2) is 8.70. The van der Waals surface area contributed by atoms with Crippen LogP contribution < -0.4 is 0 Å². The Morgan fingerprint density at radius 2 is 1.65 bits per heavy atom. The number of benzene rings is 1. The molecule has 0 saturated carbocycles. The quantitative estimate of drug-likeness (QED) is 0.709. The summed E-state index contributed by atoms with van der Waals surface area (Å²) in [5.41, 5.74) is 3.62. The number of carbonyl (C=O) groups is 2. The third-order valence-corrected chi connectivity index (χ3v) is 4.68. The zero-order chi connectivity index (χ0) is 19.3. The Balaban J connectivity index is 2.59. The molecule has 1 amide bonds. The van der Waals surface area contributed by atoms with Crippen molar-refractivity contribution in [2.75, 3.05) is 19.7 Å². The smallest absolute Gasteiger partial charge is 0.355 e. The van der Waals surface area contributed by atoms with Crippen molar-refractivity contribution in [1.82, 2.24) is 9.47 Å². The number of nitrogens with zero attached hydrogens (tertiary/aromatic N) is 2. The second-order valence-corrected chi connectivity index (χ2v) is 6.20. The summed E-state index contributed by atoms with van der Waals surface area (Å²) in [7, 11) is 0. The number of amides is 1. The van der Waals surface area contributed by atoms with Crippen LogP contribution >= 0.6 is 0 Å². The van der Waals surface area contributed by atoms with Gasteiger partial charge in [0.25, 0.3) is 5.91 Å². The number of esters is 1. The summed E-state index contributed by atoms with van der Waals surface area (Å²) in [6.45, 7) is 11.5. The molecular weight excluding hydrogens is 328 g/mol. The predicted molar refractivity (Wildman–Crippen MR) is 103 cm³/mol. The largest absolute Gasteiger partial charge is 0.461 e. The molecule has 5 heteroatoms. The topological polar surface area (TPSA) is 51.5 Å². The van der Waals surface area contributed by atoms with E-state index in [1.165, 1.54) is 0 Å². The molecule has 0 spiro atoms. The normalized spacial score (nSPS) is 10.7. The van der Waals surface area contributed by atoms with Gasteiger partial charge in [-0.2, -0.15) is 0 Å². The molecule has 1 heterocycles. The van der Waals surface area contributed by atoms with Crippen molar-refractivity contribution in [2.45, 2.75) is 41.2 Å². The van der Waals surface area contributed by atoms with Gasteiger partial charge in [-0.05, 0) is 45.7 Å². The molecule has 5 nitrogen and oxygen atoms in total. The molecule has 1 aromatic carbocycles. The molecule has 2 aromatic rings. The predicted octanol–water partition coefficient (Wildman–Crippen LogP) is 3.81. The van der Waals surface area contributed by atoms with Gasteiger partial charge in [0, 0.05) is 25.3 Å². The number of aromatic nitrogens is 1. The minimum Gasteiger partial charge on any atom is -0.461 e. The summed E-state index contributed by atoms with van der Waals surface area (Å²) in [6.07, 6.45) is 0. The van der Waals surface area contributed by atoms with Gasteiger partial charge in [0.1, 0.15) is 5.69 Å². The number of carbonyl (C=O) groups excluding carboxylic acids is 2. The van der Waals surface area contributed by atoms with Crippen LogP contribution in [0.4, 0.5) is 0 Å². The average molecular weight is 356 g/mol. The molecule has 0 N–H and O–H groups in total. The molecule has 140 valence electrons. The third-order valence-electron chi connectivity index (χ3n) is 4.68. The molecule has 26 heavy (non-hydrogen) atoms. The van der Waals surface area contributed by atoms with Crippen LogP contribution in [0.3, 0.4) is 0 Å². The highest BCUT2D eigenvalue weighted by Gasteiger charge is 2.28. The molecule has 0 saturated heterocycles. The van der Waals surface area contributed by atoms with Crippen LogP contribution in [0.1, 0.15) is 58.4 Å². The van der Waals surface area contributed by atoms with E-state index in [0.29, 0.717) is 43.1 Å². The van der Waals surface area contributed by atoms with Gasteiger partial charge in [0.05, 0.1) is 12.2 Å². The average Bonchev–Trinajstić information content (AvgIpc) is 2.87. The molecule has 1 aromatic heterocycles. The molecular formula is C21H28N2O3. The lowest BCUT2D eigenvalue weighted by Crippen LogP contribution is -2.31. The SMILES string of the molecule is CCOC(=O)c1c(C)c(C(=O)N(CC)CC)c(C)n1Cc1ccccc1. The maximum atomic E-state index is 13.0. The Morgan fingerprint density at radius 3 is 2.19 bits per heavy atom. The number of hydrogen-bond acceptors (Lipinski definition) is 3. The zero-order valence-corrected chi connectivity index (χ0v) is 16.3. The van der Waals surface area contributed by atoms with Crippen LogP contribution in [-0.4, -0.2) is 41.0 Å². The van der Waals surface area contributed by atoms with E-state index in [0.717, 1.165) is 11.3 Å². The minimum atomic E-state index is -0.386. The fourth-order valence-electron chi connectivity index (χ4n) is 3.31. The molecule has 0 fully saturated rings. The van der Waals surface area contributed by atoms with Gasteiger partial charge in [-0.3, -0.25) is 4.79 Å². The fraction of sp³-hybridized carbons (Fsp3) is 0.429. The second-order valence-electron chi connectivity index (χ2n) is 6.20. The summed E-state index contributed by atoms with van der Waals surface area (Å²) >= 11 is 0. The van der Waals surface area contributed by atoms with Gasteiger partial charge in [0.2, 0.25) is 0 Å². The van der Waals surface area contributed by atoms with Gasteiger partial charge in [-0.1, -0.05) is 30.3 Å². The lowest BCUT2D eigenvalue weighted by Gasteiger charge is -2.19. The first-order valence-corrected chi connectivity index (χ1v) is 9.16.